The zero-order valence-corrected chi connectivity index (χ0v) is 17.7. The van der Waals surface area contributed by atoms with Crippen molar-refractivity contribution in [1.82, 2.24) is 29.8 Å². The van der Waals surface area contributed by atoms with Gasteiger partial charge in [0.25, 0.3) is 5.56 Å². The van der Waals surface area contributed by atoms with Crippen LogP contribution in [0.2, 0.25) is 0 Å². The Kier molecular flexibility index (Phi) is 5.49. The van der Waals surface area contributed by atoms with Crippen LogP contribution in [0.5, 0.6) is 0 Å². The Morgan fingerprint density at radius 3 is 2.71 bits per heavy atom. The Morgan fingerprint density at radius 2 is 1.89 bits per heavy atom. The lowest BCUT2D eigenvalue weighted by Gasteiger charge is -2.34. The van der Waals surface area contributed by atoms with Gasteiger partial charge in [-0.1, -0.05) is 11.3 Å². The summed E-state index contributed by atoms with van der Waals surface area (Å²) < 4.78 is 1.67. The molecule has 0 unspecified atom stereocenters. The quantitative estimate of drug-likeness (QED) is 0.706. The van der Waals surface area contributed by atoms with Crippen molar-refractivity contribution < 1.29 is 0 Å². The molecule has 5 rings (SSSR count). The third kappa shape index (κ3) is 4.32. The lowest BCUT2D eigenvalue weighted by Crippen LogP contribution is -2.47. The predicted molar refractivity (Wildman–Crippen MR) is 112 cm³/mol. The highest BCUT2D eigenvalue weighted by Crippen LogP contribution is 2.41. The molecule has 2 aliphatic heterocycles. The first-order chi connectivity index (χ1) is 13.7. The molecule has 2 fully saturated rings. The van der Waals surface area contributed by atoms with Crippen LogP contribution >= 0.6 is 23.1 Å². The third-order valence-electron chi connectivity index (χ3n) is 5.77. The van der Waals surface area contributed by atoms with E-state index >= 15 is 0 Å². The van der Waals surface area contributed by atoms with Gasteiger partial charge in [-0.25, -0.2) is 4.68 Å². The smallest absolute Gasteiger partial charge is 0.267 e. The van der Waals surface area contributed by atoms with Crippen LogP contribution in [0.25, 0.3) is 0 Å². The second-order valence-corrected chi connectivity index (χ2v) is 10.1. The van der Waals surface area contributed by atoms with Crippen molar-refractivity contribution in [2.24, 2.45) is 0 Å². The fourth-order valence-corrected chi connectivity index (χ4v) is 5.84. The maximum absolute atomic E-state index is 12.3. The number of hydrogen-bond acceptors (Lipinski definition) is 8. The van der Waals surface area contributed by atoms with Crippen LogP contribution < -0.4 is 5.56 Å². The predicted octanol–water partition coefficient (Wildman–Crippen LogP) is 1.58. The van der Waals surface area contributed by atoms with E-state index in [0.29, 0.717) is 12.5 Å². The molecule has 150 valence electrons. The van der Waals surface area contributed by atoms with Crippen molar-refractivity contribution in [2.45, 2.75) is 44.0 Å². The average molecular weight is 419 g/mol. The monoisotopic (exact) mass is 418 g/mol. The molecule has 2 aromatic rings. The maximum atomic E-state index is 12.3. The van der Waals surface area contributed by atoms with Gasteiger partial charge in [0.15, 0.2) is 0 Å². The van der Waals surface area contributed by atoms with Crippen LogP contribution in [-0.4, -0.2) is 68.3 Å². The SMILES string of the molecule is O=c1cc2c(nn1CCN1CCN(Cc3nnc(C4CC4)s3)CC1)CCSC2. The standard InChI is InChI=1S/C19H26N6OS2/c26-18-11-15-13-27-10-3-16(15)22-25(18)9-8-23-4-6-24(7-5-23)12-17-20-21-19(28-17)14-1-2-14/h11,14H,1-10,12-13H2. The minimum absolute atomic E-state index is 0.0441. The third-order valence-corrected chi connectivity index (χ3v) is 7.84. The van der Waals surface area contributed by atoms with Crippen LogP contribution in [0.3, 0.4) is 0 Å². The number of aryl methyl sites for hydroxylation is 1. The highest BCUT2D eigenvalue weighted by atomic mass is 32.2. The summed E-state index contributed by atoms with van der Waals surface area (Å²) in [5.74, 6) is 2.73. The maximum Gasteiger partial charge on any atom is 0.267 e. The topological polar surface area (TPSA) is 67.2 Å². The van der Waals surface area contributed by atoms with Gasteiger partial charge in [-0.15, -0.1) is 10.2 Å². The number of rotatable bonds is 6. The Bertz CT molecular complexity index is 885. The van der Waals surface area contributed by atoms with Crippen LogP contribution in [0.4, 0.5) is 0 Å². The van der Waals surface area contributed by atoms with E-state index in [9.17, 15) is 4.79 Å². The molecule has 0 spiro atoms. The number of hydrogen-bond donors (Lipinski definition) is 0. The van der Waals surface area contributed by atoms with E-state index in [1.165, 1.54) is 17.8 Å². The van der Waals surface area contributed by atoms with Gasteiger partial charge < -0.3 is 0 Å². The molecule has 7 nitrogen and oxygen atoms in total. The summed E-state index contributed by atoms with van der Waals surface area (Å²) in [4.78, 5) is 17.2. The van der Waals surface area contributed by atoms with Crippen molar-refractivity contribution in [1.29, 1.82) is 0 Å². The molecular formula is C19H26N6OS2. The van der Waals surface area contributed by atoms with Gasteiger partial charge in [-0.3, -0.25) is 14.6 Å². The molecule has 0 amide bonds. The van der Waals surface area contributed by atoms with Gasteiger partial charge in [0, 0.05) is 56.9 Å². The fourth-order valence-electron chi connectivity index (χ4n) is 3.84. The summed E-state index contributed by atoms with van der Waals surface area (Å²) in [7, 11) is 0. The Labute approximate surface area is 173 Å². The first kappa shape index (κ1) is 18.7. The lowest BCUT2D eigenvalue weighted by molar-refractivity contribution is 0.122. The van der Waals surface area contributed by atoms with E-state index in [4.69, 9.17) is 0 Å². The number of piperazine rings is 1. The Morgan fingerprint density at radius 1 is 1.07 bits per heavy atom. The minimum Gasteiger partial charge on any atom is -0.299 e. The number of aromatic nitrogens is 4. The van der Waals surface area contributed by atoms with E-state index in [1.54, 1.807) is 22.1 Å². The molecule has 0 radical (unpaired) electrons. The van der Waals surface area contributed by atoms with Crippen LogP contribution in [0.1, 0.15) is 40.0 Å². The molecular weight excluding hydrogens is 392 g/mol. The van der Waals surface area contributed by atoms with Crippen molar-refractivity contribution in [3.8, 4) is 0 Å². The highest BCUT2D eigenvalue weighted by Gasteiger charge is 2.28. The molecule has 28 heavy (non-hydrogen) atoms. The van der Waals surface area contributed by atoms with Crippen molar-refractivity contribution in [3.05, 3.63) is 37.7 Å². The Hall–Kier alpha value is -1.29. The minimum atomic E-state index is 0.0441. The van der Waals surface area contributed by atoms with Gasteiger partial charge in [0.05, 0.1) is 18.8 Å². The van der Waals surface area contributed by atoms with Crippen LogP contribution in [0, 0.1) is 0 Å². The van der Waals surface area contributed by atoms with Gasteiger partial charge in [-0.05, 0) is 24.2 Å². The molecule has 1 aliphatic carbocycles. The summed E-state index contributed by atoms with van der Waals surface area (Å²) >= 11 is 3.68. The molecule has 1 saturated heterocycles. The van der Waals surface area contributed by atoms with Gasteiger partial charge in [-0.2, -0.15) is 16.9 Å². The highest BCUT2D eigenvalue weighted by molar-refractivity contribution is 7.98. The van der Waals surface area contributed by atoms with Gasteiger partial charge in [0.1, 0.15) is 10.0 Å². The molecule has 2 aromatic heterocycles. The van der Waals surface area contributed by atoms with E-state index in [-0.39, 0.29) is 5.56 Å². The van der Waals surface area contributed by atoms with E-state index in [0.717, 1.165) is 73.5 Å². The van der Waals surface area contributed by atoms with Gasteiger partial charge in [0.2, 0.25) is 0 Å². The first-order valence-corrected chi connectivity index (χ1v) is 12.2. The number of nitrogens with zero attached hydrogens (tertiary/aromatic N) is 6. The molecule has 0 atom stereocenters. The molecule has 0 N–H and O–H groups in total. The van der Waals surface area contributed by atoms with E-state index in [1.807, 2.05) is 11.8 Å². The van der Waals surface area contributed by atoms with E-state index < -0.39 is 0 Å². The molecule has 0 bridgehead atoms. The summed E-state index contributed by atoms with van der Waals surface area (Å²) in [6.45, 7) is 6.64. The first-order valence-electron chi connectivity index (χ1n) is 10.2. The van der Waals surface area contributed by atoms with Crippen LogP contribution in [-0.2, 0) is 25.3 Å². The Balaban J connectivity index is 1.11. The average Bonchev–Trinajstić information content (AvgIpc) is 3.47. The molecule has 1 saturated carbocycles. The van der Waals surface area contributed by atoms with Gasteiger partial charge >= 0.3 is 0 Å². The van der Waals surface area contributed by atoms with Crippen LogP contribution in [0.15, 0.2) is 10.9 Å². The summed E-state index contributed by atoms with van der Waals surface area (Å²) in [5.41, 5.74) is 2.29. The fraction of sp³-hybridized carbons (Fsp3) is 0.684. The second-order valence-electron chi connectivity index (χ2n) is 7.91. The zero-order valence-electron chi connectivity index (χ0n) is 16.0. The summed E-state index contributed by atoms with van der Waals surface area (Å²) in [5, 5.41) is 15.7. The van der Waals surface area contributed by atoms with E-state index in [2.05, 4.69) is 25.1 Å². The molecule has 3 aliphatic rings. The molecule has 4 heterocycles. The normalized spacial score (nSPS) is 21.0. The largest absolute Gasteiger partial charge is 0.299 e. The lowest BCUT2D eigenvalue weighted by atomic mass is 10.2. The van der Waals surface area contributed by atoms with Crippen molar-refractivity contribution in [2.75, 3.05) is 38.5 Å². The number of fused-ring (bicyclic) bond motifs is 1. The molecule has 0 aromatic carbocycles. The number of thioether (sulfide) groups is 1. The zero-order chi connectivity index (χ0) is 18.9. The molecule has 9 heteroatoms. The summed E-state index contributed by atoms with van der Waals surface area (Å²) in [6.07, 6.45) is 3.55. The van der Waals surface area contributed by atoms with Crippen molar-refractivity contribution >= 4 is 23.1 Å². The second kappa shape index (κ2) is 8.22. The summed E-state index contributed by atoms with van der Waals surface area (Å²) in [6, 6.07) is 1.80. The van der Waals surface area contributed by atoms with Crippen molar-refractivity contribution in [3.63, 3.8) is 0 Å².